The Morgan fingerprint density at radius 2 is 2.35 bits per heavy atom. The first-order valence-electron chi connectivity index (χ1n) is 5.39. The van der Waals surface area contributed by atoms with E-state index in [0.717, 1.165) is 17.5 Å². The molecule has 5 nitrogen and oxygen atoms in total. The molecule has 0 radical (unpaired) electrons. The molecule has 0 aliphatic rings. The maximum atomic E-state index is 11.4. The highest BCUT2D eigenvalue weighted by Gasteiger charge is 2.06. The monoisotopic (exact) mass is 252 g/mol. The Morgan fingerprint density at radius 3 is 3.12 bits per heavy atom. The highest BCUT2D eigenvalue weighted by molar-refractivity contribution is 6.31. The Labute approximate surface area is 104 Å². The van der Waals surface area contributed by atoms with Crippen molar-refractivity contribution in [3.8, 4) is 0 Å². The summed E-state index contributed by atoms with van der Waals surface area (Å²) in [4.78, 5) is 18.6. The van der Waals surface area contributed by atoms with Crippen molar-refractivity contribution in [3.05, 3.63) is 23.2 Å². The van der Waals surface area contributed by atoms with Gasteiger partial charge < -0.3 is 10.3 Å². The van der Waals surface area contributed by atoms with Crippen molar-refractivity contribution in [3.63, 3.8) is 0 Å². The van der Waals surface area contributed by atoms with Crippen molar-refractivity contribution in [1.29, 1.82) is 0 Å². The van der Waals surface area contributed by atoms with Crippen molar-refractivity contribution in [2.75, 3.05) is 11.9 Å². The minimum Gasteiger partial charge on any atom is -0.338 e. The summed E-state index contributed by atoms with van der Waals surface area (Å²) in [5.41, 5.74) is 1.56. The van der Waals surface area contributed by atoms with E-state index in [9.17, 15) is 4.79 Å². The molecule has 0 spiro atoms. The largest absolute Gasteiger partial charge is 0.338 e. The fourth-order valence-corrected chi connectivity index (χ4v) is 1.60. The molecule has 1 aromatic carbocycles. The van der Waals surface area contributed by atoms with Crippen molar-refractivity contribution < 1.29 is 4.79 Å². The number of rotatable bonds is 3. The first kappa shape index (κ1) is 11.7. The fourth-order valence-electron chi connectivity index (χ4n) is 1.43. The normalized spacial score (nSPS) is 10.5. The zero-order valence-corrected chi connectivity index (χ0v) is 10.1. The zero-order chi connectivity index (χ0) is 12.3. The van der Waals surface area contributed by atoms with Crippen molar-refractivity contribution in [2.24, 2.45) is 0 Å². The fraction of sp³-hybridized carbons (Fsp3) is 0.273. The van der Waals surface area contributed by atoms with Crippen molar-refractivity contribution >= 4 is 34.6 Å². The number of urea groups is 1. The molecule has 0 saturated carbocycles. The SMILES string of the molecule is CCCNC(=O)Nc1nc2ccc(Cl)cc2[nH]1. The Hall–Kier alpha value is -1.75. The minimum absolute atomic E-state index is 0.267. The van der Waals surface area contributed by atoms with Crippen LogP contribution in [0, 0.1) is 0 Å². The van der Waals surface area contributed by atoms with E-state index in [1.807, 2.05) is 6.92 Å². The number of anilines is 1. The van der Waals surface area contributed by atoms with Crippen LogP contribution in [0.4, 0.5) is 10.7 Å². The van der Waals surface area contributed by atoms with Crippen LogP contribution < -0.4 is 10.6 Å². The van der Waals surface area contributed by atoms with E-state index < -0.39 is 0 Å². The molecular formula is C11H13ClN4O. The predicted molar refractivity (Wildman–Crippen MR) is 68.4 cm³/mol. The van der Waals surface area contributed by atoms with Gasteiger partial charge in [0, 0.05) is 11.6 Å². The second-order valence-corrected chi connectivity index (χ2v) is 4.06. The first-order chi connectivity index (χ1) is 8.19. The average molecular weight is 253 g/mol. The van der Waals surface area contributed by atoms with Gasteiger partial charge in [-0.05, 0) is 24.6 Å². The minimum atomic E-state index is -0.267. The quantitative estimate of drug-likeness (QED) is 0.786. The number of nitrogens with one attached hydrogen (secondary N) is 3. The first-order valence-corrected chi connectivity index (χ1v) is 5.77. The summed E-state index contributed by atoms with van der Waals surface area (Å²) in [6.45, 7) is 2.63. The molecule has 0 atom stereocenters. The van der Waals surface area contributed by atoms with Crippen LogP contribution in [0.1, 0.15) is 13.3 Å². The number of halogens is 1. The van der Waals surface area contributed by atoms with Crippen molar-refractivity contribution in [1.82, 2.24) is 15.3 Å². The maximum Gasteiger partial charge on any atom is 0.321 e. The number of amides is 2. The number of carbonyl (C=O) groups excluding carboxylic acids is 1. The van der Waals surface area contributed by atoms with Crippen LogP contribution in [0.15, 0.2) is 18.2 Å². The number of imidazole rings is 1. The molecule has 0 bridgehead atoms. The molecule has 1 heterocycles. The van der Waals surface area contributed by atoms with Gasteiger partial charge in [0.15, 0.2) is 0 Å². The van der Waals surface area contributed by atoms with Gasteiger partial charge >= 0.3 is 6.03 Å². The number of fused-ring (bicyclic) bond motifs is 1. The van der Waals surface area contributed by atoms with E-state index in [1.165, 1.54) is 0 Å². The molecule has 1 aromatic heterocycles. The van der Waals surface area contributed by atoms with Crippen LogP contribution in [0.25, 0.3) is 11.0 Å². The van der Waals surface area contributed by atoms with Crippen LogP contribution in [-0.2, 0) is 0 Å². The van der Waals surface area contributed by atoms with Gasteiger partial charge in [-0.2, -0.15) is 0 Å². The summed E-state index contributed by atoms with van der Waals surface area (Å²) >= 11 is 5.85. The molecule has 2 aromatic rings. The molecule has 0 fully saturated rings. The van der Waals surface area contributed by atoms with Gasteiger partial charge in [-0.25, -0.2) is 9.78 Å². The van der Waals surface area contributed by atoms with Gasteiger partial charge in [0.2, 0.25) is 5.95 Å². The standard InChI is InChI=1S/C11H13ClN4O/c1-2-5-13-11(17)16-10-14-8-4-3-7(12)6-9(8)15-10/h3-4,6H,2,5H2,1H3,(H3,13,14,15,16,17). The van der Waals surface area contributed by atoms with Gasteiger partial charge in [-0.3, -0.25) is 5.32 Å². The lowest BCUT2D eigenvalue weighted by Crippen LogP contribution is -2.29. The summed E-state index contributed by atoms with van der Waals surface area (Å²) in [6.07, 6.45) is 0.892. The summed E-state index contributed by atoms with van der Waals surface area (Å²) in [6, 6.07) is 5.05. The third-order valence-electron chi connectivity index (χ3n) is 2.21. The summed E-state index contributed by atoms with van der Waals surface area (Å²) < 4.78 is 0. The molecule has 0 saturated heterocycles. The Balaban J connectivity index is 2.11. The molecule has 2 amide bonds. The number of aromatic nitrogens is 2. The molecule has 0 aliphatic heterocycles. The van der Waals surface area contributed by atoms with Crippen LogP contribution in [-0.4, -0.2) is 22.5 Å². The zero-order valence-electron chi connectivity index (χ0n) is 9.38. The van der Waals surface area contributed by atoms with Crippen LogP contribution in [0.2, 0.25) is 5.02 Å². The topological polar surface area (TPSA) is 69.8 Å². The van der Waals surface area contributed by atoms with E-state index in [-0.39, 0.29) is 6.03 Å². The Morgan fingerprint density at radius 1 is 1.53 bits per heavy atom. The van der Waals surface area contributed by atoms with Crippen molar-refractivity contribution in [2.45, 2.75) is 13.3 Å². The molecular weight excluding hydrogens is 240 g/mol. The lowest BCUT2D eigenvalue weighted by atomic mass is 10.3. The third-order valence-corrected chi connectivity index (χ3v) is 2.45. The van der Waals surface area contributed by atoms with E-state index in [4.69, 9.17) is 11.6 Å². The van der Waals surface area contributed by atoms with Gasteiger partial charge in [0.05, 0.1) is 11.0 Å². The van der Waals surface area contributed by atoms with Gasteiger partial charge in [-0.1, -0.05) is 18.5 Å². The predicted octanol–water partition coefficient (Wildman–Crippen LogP) is 2.75. The second kappa shape index (κ2) is 5.05. The number of aromatic amines is 1. The average Bonchev–Trinajstić information content (AvgIpc) is 2.67. The smallest absolute Gasteiger partial charge is 0.321 e. The highest BCUT2D eigenvalue weighted by Crippen LogP contribution is 2.18. The maximum absolute atomic E-state index is 11.4. The summed E-state index contributed by atoms with van der Waals surface area (Å²) in [5, 5.41) is 5.95. The summed E-state index contributed by atoms with van der Waals surface area (Å²) in [5.74, 6) is 0.413. The molecule has 17 heavy (non-hydrogen) atoms. The lowest BCUT2D eigenvalue weighted by molar-refractivity contribution is 0.252. The molecule has 6 heteroatoms. The van der Waals surface area contributed by atoms with Gasteiger partial charge in [0.1, 0.15) is 0 Å². The summed E-state index contributed by atoms with van der Waals surface area (Å²) in [7, 11) is 0. The van der Waals surface area contributed by atoms with E-state index in [1.54, 1.807) is 18.2 Å². The van der Waals surface area contributed by atoms with Gasteiger partial charge in [0.25, 0.3) is 0 Å². The number of benzene rings is 1. The number of hydrogen-bond acceptors (Lipinski definition) is 2. The Bertz CT molecular complexity index is 537. The molecule has 0 aliphatic carbocycles. The number of H-pyrrole nitrogens is 1. The lowest BCUT2D eigenvalue weighted by Gasteiger charge is -2.02. The second-order valence-electron chi connectivity index (χ2n) is 3.63. The molecule has 3 N–H and O–H groups in total. The molecule has 90 valence electrons. The van der Waals surface area contributed by atoms with Crippen LogP contribution in [0.5, 0.6) is 0 Å². The van der Waals surface area contributed by atoms with E-state index in [2.05, 4.69) is 20.6 Å². The van der Waals surface area contributed by atoms with E-state index in [0.29, 0.717) is 17.5 Å². The number of carbonyl (C=O) groups is 1. The molecule has 2 rings (SSSR count). The Kier molecular flexibility index (Phi) is 3.49. The molecule has 0 unspecified atom stereocenters. The number of nitrogens with zero attached hydrogens (tertiary/aromatic N) is 1. The van der Waals surface area contributed by atoms with E-state index >= 15 is 0 Å². The van der Waals surface area contributed by atoms with Crippen LogP contribution >= 0.6 is 11.6 Å². The highest BCUT2D eigenvalue weighted by atomic mass is 35.5. The van der Waals surface area contributed by atoms with Crippen LogP contribution in [0.3, 0.4) is 0 Å². The third kappa shape index (κ3) is 2.88. The number of hydrogen-bond donors (Lipinski definition) is 3. The van der Waals surface area contributed by atoms with Gasteiger partial charge in [-0.15, -0.1) is 0 Å².